The van der Waals surface area contributed by atoms with Crippen molar-refractivity contribution in [2.75, 3.05) is 40.0 Å². The molecule has 0 radical (unpaired) electrons. The average Bonchev–Trinajstić information content (AvgIpc) is 2.30. The van der Waals surface area contributed by atoms with Crippen molar-refractivity contribution in [1.82, 2.24) is 4.90 Å². The maximum atomic E-state index is 9.94. The Morgan fingerprint density at radius 3 is 2.39 bits per heavy atom. The van der Waals surface area contributed by atoms with Gasteiger partial charge in [-0.1, -0.05) is 13.8 Å². The molecule has 4 heteroatoms. The van der Waals surface area contributed by atoms with Gasteiger partial charge < -0.3 is 19.5 Å². The zero-order chi connectivity index (χ0) is 13.6. The van der Waals surface area contributed by atoms with Crippen LogP contribution >= 0.6 is 0 Å². The molecule has 1 fully saturated rings. The zero-order valence-corrected chi connectivity index (χ0v) is 12.3. The Bertz CT molecular complexity index is 223. The SMILES string of the molecule is COCC(C)OCC(O)CN1CCC(C)(C)CC1. The topological polar surface area (TPSA) is 41.9 Å². The molecule has 1 aliphatic rings. The first-order chi connectivity index (χ1) is 8.43. The van der Waals surface area contributed by atoms with Gasteiger partial charge in [0.1, 0.15) is 0 Å². The van der Waals surface area contributed by atoms with Crippen LogP contribution in [0.25, 0.3) is 0 Å². The number of aliphatic hydroxyl groups excluding tert-OH is 1. The number of rotatable bonds is 7. The number of ether oxygens (including phenoxy) is 2. The lowest BCUT2D eigenvalue weighted by atomic mass is 9.82. The molecule has 1 rings (SSSR count). The lowest BCUT2D eigenvalue weighted by Crippen LogP contribution is -2.42. The highest BCUT2D eigenvalue weighted by atomic mass is 16.5. The molecule has 0 bridgehead atoms. The van der Waals surface area contributed by atoms with Gasteiger partial charge in [-0.3, -0.25) is 0 Å². The van der Waals surface area contributed by atoms with Crippen LogP contribution in [0.1, 0.15) is 33.6 Å². The maximum absolute atomic E-state index is 9.94. The molecule has 1 saturated heterocycles. The van der Waals surface area contributed by atoms with Crippen LogP contribution in [0.5, 0.6) is 0 Å². The summed E-state index contributed by atoms with van der Waals surface area (Å²) in [6.07, 6.45) is 2.07. The van der Waals surface area contributed by atoms with Gasteiger partial charge in [-0.25, -0.2) is 0 Å². The molecular weight excluding hydrogens is 230 g/mol. The van der Waals surface area contributed by atoms with Crippen LogP contribution in [-0.4, -0.2) is 62.2 Å². The Balaban J connectivity index is 2.15. The molecule has 0 saturated carbocycles. The minimum Gasteiger partial charge on any atom is -0.389 e. The Morgan fingerprint density at radius 2 is 1.83 bits per heavy atom. The zero-order valence-electron chi connectivity index (χ0n) is 12.3. The average molecular weight is 259 g/mol. The molecule has 4 nitrogen and oxygen atoms in total. The summed E-state index contributed by atoms with van der Waals surface area (Å²) in [6.45, 7) is 10.4. The van der Waals surface area contributed by atoms with Gasteiger partial charge in [0.05, 0.1) is 25.4 Å². The van der Waals surface area contributed by atoms with Crippen LogP contribution in [0.15, 0.2) is 0 Å². The van der Waals surface area contributed by atoms with Crippen LogP contribution in [0, 0.1) is 5.41 Å². The molecule has 0 aliphatic carbocycles. The highest BCUT2D eigenvalue weighted by Crippen LogP contribution is 2.29. The summed E-state index contributed by atoms with van der Waals surface area (Å²) in [5.74, 6) is 0. The summed E-state index contributed by atoms with van der Waals surface area (Å²) < 4.78 is 10.5. The molecule has 0 amide bonds. The molecule has 1 N–H and O–H groups in total. The van der Waals surface area contributed by atoms with Crippen LogP contribution < -0.4 is 0 Å². The number of piperidine rings is 1. The van der Waals surface area contributed by atoms with Crippen molar-refractivity contribution < 1.29 is 14.6 Å². The molecular formula is C14H29NO3. The van der Waals surface area contributed by atoms with E-state index in [2.05, 4.69) is 18.7 Å². The van der Waals surface area contributed by atoms with Gasteiger partial charge in [-0.15, -0.1) is 0 Å². The van der Waals surface area contributed by atoms with Gasteiger partial charge in [-0.05, 0) is 38.3 Å². The van der Waals surface area contributed by atoms with Crippen molar-refractivity contribution in [1.29, 1.82) is 0 Å². The van der Waals surface area contributed by atoms with Crippen LogP contribution in [-0.2, 0) is 9.47 Å². The first-order valence-corrected chi connectivity index (χ1v) is 6.94. The fraction of sp³-hybridized carbons (Fsp3) is 1.00. The number of likely N-dealkylation sites (tertiary alicyclic amines) is 1. The van der Waals surface area contributed by atoms with Crippen LogP contribution in [0.4, 0.5) is 0 Å². The van der Waals surface area contributed by atoms with E-state index in [1.54, 1.807) is 7.11 Å². The second kappa shape index (κ2) is 7.43. The molecule has 18 heavy (non-hydrogen) atoms. The van der Waals surface area contributed by atoms with E-state index in [1.165, 1.54) is 12.8 Å². The van der Waals surface area contributed by atoms with E-state index in [0.717, 1.165) is 19.6 Å². The van der Waals surface area contributed by atoms with Gasteiger partial charge in [-0.2, -0.15) is 0 Å². The van der Waals surface area contributed by atoms with Crippen molar-refractivity contribution in [2.45, 2.75) is 45.8 Å². The Morgan fingerprint density at radius 1 is 1.22 bits per heavy atom. The summed E-state index contributed by atoms with van der Waals surface area (Å²) in [5.41, 5.74) is 0.463. The van der Waals surface area contributed by atoms with Crippen LogP contribution in [0.2, 0.25) is 0 Å². The normalized spacial score (nSPS) is 23.8. The quantitative estimate of drug-likeness (QED) is 0.753. The Hall–Kier alpha value is -0.160. The molecule has 0 aromatic heterocycles. The standard InChI is InChI=1S/C14H29NO3/c1-12(10-17-4)18-11-13(16)9-15-7-5-14(2,3)6-8-15/h12-13,16H,5-11H2,1-4H3. The molecule has 0 aromatic rings. The van der Waals surface area contributed by atoms with E-state index < -0.39 is 6.10 Å². The maximum Gasteiger partial charge on any atom is 0.0900 e. The van der Waals surface area contributed by atoms with Gasteiger partial charge >= 0.3 is 0 Å². The van der Waals surface area contributed by atoms with E-state index in [0.29, 0.717) is 18.6 Å². The van der Waals surface area contributed by atoms with Crippen molar-refractivity contribution in [3.63, 3.8) is 0 Å². The lowest BCUT2D eigenvalue weighted by Gasteiger charge is -2.37. The molecule has 2 atom stereocenters. The number of nitrogens with zero attached hydrogens (tertiary/aromatic N) is 1. The van der Waals surface area contributed by atoms with E-state index in [-0.39, 0.29) is 6.10 Å². The largest absolute Gasteiger partial charge is 0.389 e. The van der Waals surface area contributed by atoms with Crippen molar-refractivity contribution in [2.24, 2.45) is 5.41 Å². The highest BCUT2D eigenvalue weighted by Gasteiger charge is 2.26. The van der Waals surface area contributed by atoms with E-state index in [4.69, 9.17) is 9.47 Å². The van der Waals surface area contributed by atoms with Crippen molar-refractivity contribution >= 4 is 0 Å². The van der Waals surface area contributed by atoms with E-state index >= 15 is 0 Å². The molecule has 0 aromatic carbocycles. The number of aliphatic hydroxyl groups is 1. The summed E-state index contributed by atoms with van der Waals surface area (Å²) in [5, 5.41) is 9.94. The van der Waals surface area contributed by atoms with Gasteiger partial charge in [0.2, 0.25) is 0 Å². The molecule has 108 valence electrons. The predicted octanol–water partition coefficient (Wildman–Crippen LogP) is 1.52. The van der Waals surface area contributed by atoms with E-state index in [9.17, 15) is 5.11 Å². The summed E-state index contributed by atoms with van der Waals surface area (Å²) in [6, 6.07) is 0. The second-order valence-electron chi connectivity index (χ2n) is 6.22. The van der Waals surface area contributed by atoms with Crippen LogP contribution in [0.3, 0.4) is 0 Å². The van der Waals surface area contributed by atoms with Crippen molar-refractivity contribution in [3.8, 4) is 0 Å². The first kappa shape index (κ1) is 15.9. The highest BCUT2D eigenvalue weighted by molar-refractivity contribution is 4.79. The fourth-order valence-electron chi connectivity index (χ4n) is 2.25. The third-order valence-electron chi connectivity index (χ3n) is 3.65. The third-order valence-corrected chi connectivity index (χ3v) is 3.65. The number of β-amino-alcohol motifs (C(OH)–C–C–N with tert-alkyl or cyclic N) is 1. The lowest BCUT2D eigenvalue weighted by molar-refractivity contribution is -0.0431. The third kappa shape index (κ3) is 6.14. The number of hydrogen-bond donors (Lipinski definition) is 1. The summed E-state index contributed by atoms with van der Waals surface area (Å²) >= 11 is 0. The molecule has 0 spiro atoms. The van der Waals surface area contributed by atoms with Crippen molar-refractivity contribution in [3.05, 3.63) is 0 Å². The van der Waals surface area contributed by atoms with E-state index in [1.807, 2.05) is 6.92 Å². The minimum atomic E-state index is -0.398. The number of hydrogen-bond acceptors (Lipinski definition) is 4. The Kier molecular flexibility index (Phi) is 6.57. The summed E-state index contributed by atoms with van der Waals surface area (Å²) in [7, 11) is 1.66. The second-order valence-corrected chi connectivity index (χ2v) is 6.22. The molecule has 2 unspecified atom stereocenters. The van der Waals surface area contributed by atoms with Gasteiger partial charge in [0.15, 0.2) is 0 Å². The molecule has 1 aliphatic heterocycles. The smallest absolute Gasteiger partial charge is 0.0900 e. The van der Waals surface area contributed by atoms with Gasteiger partial charge in [0.25, 0.3) is 0 Å². The predicted molar refractivity (Wildman–Crippen MR) is 72.8 cm³/mol. The Labute approximate surface area is 111 Å². The summed E-state index contributed by atoms with van der Waals surface area (Å²) in [4.78, 5) is 2.33. The monoisotopic (exact) mass is 259 g/mol. The minimum absolute atomic E-state index is 0.0462. The first-order valence-electron chi connectivity index (χ1n) is 6.94. The molecule has 1 heterocycles. The number of methoxy groups -OCH3 is 1. The fourth-order valence-corrected chi connectivity index (χ4v) is 2.25. The van der Waals surface area contributed by atoms with Gasteiger partial charge in [0, 0.05) is 13.7 Å².